The standard InChI is InChI=1S/C17H17NS/c1-14-13-15-7-5-6-10-17(15)18(14)11-12-19-16-8-3-2-4-9-16/h2-10,13H,11-12H2,1H3. The zero-order valence-corrected chi connectivity index (χ0v) is 11.9. The van der Waals surface area contributed by atoms with Crippen molar-refractivity contribution in [2.45, 2.75) is 18.4 Å². The molecule has 96 valence electrons. The SMILES string of the molecule is Cc1cc2ccccc2n1CCSc1ccccc1. The first kappa shape index (κ1) is 12.4. The van der Waals surface area contributed by atoms with Gasteiger partial charge in [0, 0.05) is 28.4 Å². The molecule has 0 fully saturated rings. The molecule has 0 bridgehead atoms. The van der Waals surface area contributed by atoms with Crippen LogP contribution in [0.5, 0.6) is 0 Å². The van der Waals surface area contributed by atoms with Gasteiger partial charge < -0.3 is 4.57 Å². The lowest BCUT2D eigenvalue weighted by Gasteiger charge is -2.08. The van der Waals surface area contributed by atoms with Crippen molar-refractivity contribution >= 4 is 22.7 Å². The van der Waals surface area contributed by atoms with Crippen molar-refractivity contribution in [3.05, 3.63) is 66.4 Å². The van der Waals surface area contributed by atoms with Gasteiger partial charge in [-0.1, -0.05) is 36.4 Å². The highest BCUT2D eigenvalue weighted by Crippen LogP contribution is 2.22. The van der Waals surface area contributed by atoms with Crippen molar-refractivity contribution in [2.24, 2.45) is 0 Å². The van der Waals surface area contributed by atoms with E-state index in [1.807, 2.05) is 11.8 Å². The Kier molecular flexibility index (Phi) is 3.60. The highest BCUT2D eigenvalue weighted by molar-refractivity contribution is 7.99. The summed E-state index contributed by atoms with van der Waals surface area (Å²) in [6.07, 6.45) is 0. The van der Waals surface area contributed by atoms with E-state index < -0.39 is 0 Å². The molecule has 0 radical (unpaired) electrons. The average Bonchev–Trinajstić information content (AvgIpc) is 2.76. The number of fused-ring (bicyclic) bond motifs is 1. The molecule has 0 saturated heterocycles. The number of aryl methyl sites for hydroxylation is 2. The maximum atomic E-state index is 2.41. The van der Waals surface area contributed by atoms with Gasteiger partial charge in [0.2, 0.25) is 0 Å². The monoisotopic (exact) mass is 267 g/mol. The summed E-state index contributed by atoms with van der Waals surface area (Å²) in [6, 6.07) is 21.5. The topological polar surface area (TPSA) is 4.93 Å². The Morgan fingerprint density at radius 3 is 2.53 bits per heavy atom. The Morgan fingerprint density at radius 1 is 0.947 bits per heavy atom. The fourth-order valence-corrected chi connectivity index (χ4v) is 3.28. The van der Waals surface area contributed by atoms with Crippen LogP contribution >= 0.6 is 11.8 Å². The van der Waals surface area contributed by atoms with E-state index in [2.05, 4.69) is 72.2 Å². The van der Waals surface area contributed by atoms with Crippen molar-refractivity contribution in [2.75, 3.05) is 5.75 Å². The second kappa shape index (κ2) is 5.54. The maximum Gasteiger partial charge on any atom is 0.0482 e. The molecule has 0 atom stereocenters. The predicted molar refractivity (Wildman–Crippen MR) is 83.8 cm³/mol. The van der Waals surface area contributed by atoms with Gasteiger partial charge in [0.1, 0.15) is 0 Å². The molecule has 19 heavy (non-hydrogen) atoms. The summed E-state index contributed by atoms with van der Waals surface area (Å²) in [5, 5.41) is 1.34. The molecule has 0 aliphatic carbocycles. The van der Waals surface area contributed by atoms with Gasteiger partial charge in [0.25, 0.3) is 0 Å². The Labute approximate surface area is 118 Å². The third kappa shape index (κ3) is 2.69. The summed E-state index contributed by atoms with van der Waals surface area (Å²) in [6.45, 7) is 3.24. The first-order valence-electron chi connectivity index (χ1n) is 6.57. The molecule has 3 aromatic rings. The van der Waals surface area contributed by atoms with Gasteiger partial charge in [-0.2, -0.15) is 0 Å². The first-order chi connectivity index (χ1) is 9.34. The quantitative estimate of drug-likeness (QED) is 0.618. The third-order valence-corrected chi connectivity index (χ3v) is 4.34. The number of para-hydroxylation sites is 1. The Balaban J connectivity index is 1.73. The van der Waals surface area contributed by atoms with Crippen LogP contribution in [-0.2, 0) is 6.54 Å². The summed E-state index contributed by atoms with van der Waals surface area (Å²) < 4.78 is 2.41. The minimum atomic E-state index is 1.05. The molecule has 0 amide bonds. The van der Waals surface area contributed by atoms with Crippen molar-refractivity contribution in [3.8, 4) is 0 Å². The molecule has 0 saturated carbocycles. The molecule has 0 spiro atoms. The van der Waals surface area contributed by atoms with E-state index in [1.54, 1.807) is 0 Å². The van der Waals surface area contributed by atoms with Crippen LogP contribution in [0.3, 0.4) is 0 Å². The number of nitrogens with zero attached hydrogens (tertiary/aromatic N) is 1. The van der Waals surface area contributed by atoms with Gasteiger partial charge >= 0.3 is 0 Å². The summed E-state index contributed by atoms with van der Waals surface area (Å²) in [5.41, 5.74) is 2.68. The normalized spacial score (nSPS) is 11.0. The lowest BCUT2D eigenvalue weighted by molar-refractivity contribution is 0.778. The van der Waals surface area contributed by atoms with Gasteiger partial charge in [-0.25, -0.2) is 0 Å². The van der Waals surface area contributed by atoms with E-state index in [1.165, 1.54) is 21.5 Å². The largest absolute Gasteiger partial charge is 0.344 e. The lowest BCUT2D eigenvalue weighted by Crippen LogP contribution is -2.01. The second-order valence-electron chi connectivity index (χ2n) is 4.66. The van der Waals surface area contributed by atoms with Gasteiger partial charge in [-0.05, 0) is 36.6 Å². The van der Waals surface area contributed by atoms with E-state index in [0.29, 0.717) is 0 Å². The van der Waals surface area contributed by atoms with Crippen LogP contribution in [-0.4, -0.2) is 10.3 Å². The Bertz CT molecular complexity index is 670. The minimum Gasteiger partial charge on any atom is -0.344 e. The van der Waals surface area contributed by atoms with E-state index in [4.69, 9.17) is 0 Å². The molecule has 1 aromatic heterocycles. The zero-order chi connectivity index (χ0) is 13.1. The van der Waals surface area contributed by atoms with E-state index in [-0.39, 0.29) is 0 Å². The molecule has 3 rings (SSSR count). The number of aromatic nitrogens is 1. The molecule has 2 aromatic carbocycles. The van der Waals surface area contributed by atoms with Crippen LogP contribution in [0.15, 0.2) is 65.6 Å². The van der Waals surface area contributed by atoms with E-state index in [9.17, 15) is 0 Å². The molecular formula is C17H17NS. The van der Waals surface area contributed by atoms with Gasteiger partial charge in [0.15, 0.2) is 0 Å². The van der Waals surface area contributed by atoms with Crippen molar-refractivity contribution in [3.63, 3.8) is 0 Å². The van der Waals surface area contributed by atoms with Crippen molar-refractivity contribution < 1.29 is 0 Å². The molecule has 2 heteroatoms. The predicted octanol–water partition coefficient (Wildman–Crippen LogP) is 4.74. The molecule has 0 N–H and O–H groups in total. The fraction of sp³-hybridized carbons (Fsp3) is 0.176. The van der Waals surface area contributed by atoms with Crippen LogP contribution in [0.2, 0.25) is 0 Å². The Hall–Kier alpha value is -1.67. The summed E-state index contributed by atoms with van der Waals surface area (Å²) in [4.78, 5) is 1.34. The van der Waals surface area contributed by atoms with Crippen LogP contribution in [0.1, 0.15) is 5.69 Å². The Morgan fingerprint density at radius 2 is 1.68 bits per heavy atom. The summed E-state index contributed by atoms with van der Waals surface area (Å²) in [7, 11) is 0. The highest BCUT2D eigenvalue weighted by Gasteiger charge is 2.04. The molecule has 0 aliphatic heterocycles. The van der Waals surface area contributed by atoms with Gasteiger partial charge in [-0.3, -0.25) is 0 Å². The average molecular weight is 267 g/mol. The van der Waals surface area contributed by atoms with Crippen LogP contribution < -0.4 is 0 Å². The number of rotatable bonds is 4. The summed E-state index contributed by atoms with van der Waals surface area (Å²) >= 11 is 1.92. The fourth-order valence-electron chi connectivity index (χ4n) is 2.42. The first-order valence-corrected chi connectivity index (χ1v) is 7.56. The molecular weight excluding hydrogens is 250 g/mol. The van der Waals surface area contributed by atoms with Crippen LogP contribution in [0.4, 0.5) is 0 Å². The zero-order valence-electron chi connectivity index (χ0n) is 11.0. The third-order valence-electron chi connectivity index (χ3n) is 3.34. The minimum absolute atomic E-state index is 1.05. The maximum absolute atomic E-state index is 2.41. The molecule has 0 aliphatic rings. The second-order valence-corrected chi connectivity index (χ2v) is 5.83. The molecule has 0 unspecified atom stereocenters. The van der Waals surface area contributed by atoms with Crippen LogP contribution in [0, 0.1) is 6.92 Å². The van der Waals surface area contributed by atoms with Crippen LogP contribution in [0.25, 0.3) is 10.9 Å². The summed E-state index contributed by atoms with van der Waals surface area (Å²) in [5.74, 6) is 1.10. The number of hydrogen-bond donors (Lipinski definition) is 0. The smallest absolute Gasteiger partial charge is 0.0482 e. The van der Waals surface area contributed by atoms with E-state index >= 15 is 0 Å². The number of thioether (sulfide) groups is 1. The van der Waals surface area contributed by atoms with E-state index in [0.717, 1.165) is 12.3 Å². The van der Waals surface area contributed by atoms with Crippen molar-refractivity contribution in [1.82, 2.24) is 4.57 Å². The molecule has 1 heterocycles. The lowest BCUT2D eigenvalue weighted by atomic mass is 10.2. The number of hydrogen-bond acceptors (Lipinski definition) is 1. The van der Waals surface area contributed by atoms with Crippen molar-refractivity contribution in [1.29, 1.82) is 0 Å². The van der Waals surface area contributed by atoms with Gasteiger partial charge in [-0.15, -0.1) is 11.8 Å². The van der Waals surface area contributed by atoms with Gasteiger partial charge in [0.05, 0.1) is 0 Å². The number of benzene rings is 2. The highest BCUT2D eigenvalue weighted by atomic mass is 32.2. The molecule has 1 nitrogen and oxygen atoms in total.